The van der Waals surface area contributed by atoms with Gasteiger partial charge in [0.1, 0.15) is 0 Å². The average molecular weight is 303 g/mol. The van der Waals surface area contributed by atoms with Gasteiger partial charge in [0.05, 0.1) is 5.97 Å². The summed E-state index contributed by atoms with van der Waals surface area (Å²) in [5, 5.41) is 10.4. The molecule has 0 saturated carbocycles. The van der Waals surface area contributed by atoms with Crippen LogP contribution < -0.4 is 5.11 Å². The Bertz CT molecular complexity index is 458. The lowest BCUT2D eigenvalue weighted by molar-refractivity contribution is -0.297. The fraction of sp³-hybridized carbons (Fsp3) is 0.550. The van der Waals surface area contributed by atoms with Crippen LogP contribution in [-0.2, 0) is 4.79 Å². The number of hydrogen-bond acceptors (Lipinski definition) is 2. The van der Waals surface area contributed by atoms with Gasteiger partial charge in [-0.25, -0.2) is 0 Å². The smallest absolute Gasteiger partial charge is 0.0642 e. The number of allylic oxidation sites excluding steroid dienone is 7. The zero-order valence-electron chi connectivity index (χ0n) is 14.9. The lowest BCUT2D eigenvalue weighted by atomic mass is 10.0. The van der Waals surface area contributed by atoms with E-state index in [-0.39, 0.29) is 0 Å². The third kappa shape index (κ3) is 13.4. The maximum Gasteiger partial charge on any atom is 0.0642 e. The molecule has 0 N–H and O–H groups in total. The summed E-state index contributed by atoms with van der Waals surface area (Å²) in [5.74, 6) is -1.10. The first-order chi connectivity index (χ1) is 10.3. The highest BCUT2D eigenvalue weighted by atomic mass is 16.4. The molecule has 0 aromatic heterocycles. The van der Waals surface area contributed by atoms with Crippen molar-refractivity contribution >= 4 is 5.97 Å². The molecule has 0 aliphatic rings. The maximum atomic E-state index is 10.4. The second kappa shape index (κ2) is 12.0. The minimum absolute atomic E-state index is 0.781. The Balaban J connectivity index is 4.01. The van der Waals surface area contributed by atoms with Crippen LogP contribution in [0.2, 0.25) is 0 Å². The van der Waals surface area contributed by atoms with E-state index in [0.717, 1.165) is 44.1 Å². The Morgan fingerprint density at radius 1 is 0.727 bits per heavy atom. The Labute approximate surface area is 136 Å². The van der Waals surface area contributed by atoms with Crippen LogP contribution >= 0.6 is 0 Å². The maximum absolute atomic E-state index is 10.4. The van der Waals surface area contributed by atoms with Crippen LogP contribution in [0.25, 0.3) is 0 Å². The first-order valence-corrected chi connectivity index (χ1v) is 8.14. The van der Waals surface area contributed by atoms with Crippen molar-refractivity contribution in [2.45, 2.75) is 73.1 Å². The van der Waals surface area contributed by atoms with Crippen LogP contribution in [0.15, 0.2) is 46.6 Å². The van der Waals surface area contributed by atoms with E-state index in [0.29, 0.717) is 0 Å². The number of carbonyl (C=O) groups excluding carboxylic acids is 1. The summed E-state index contributed by atoms with van der Waals surface area (Å²) in [5.41, 5.74) is 5.07. The monoisotopic (exact) mass is 303 g/mol. The standard InChI is InChI=1S/C20H32O2/c1-16(2)9-6-10-17(3)11-7-12-18(4)13-8-14-19(5)15-20(21)22/h9,11,13,15H,6-8,10,12,14H2,1-5H3,(H,21,22)/p-1/b17-11+,18-13+,19-15+. The van der Waals surface area contributed by atoms with Crippen LogP contribution in [0.4, 0.5) is 0 Å². The van der Waals surface area contributed by atoms with Gasteiger partial charge in [0.15, 0.2) is 0 Å². The Hall–Kier alpha value is -1.57. The van der Waals surface area contributed by atoms with E-state index in [2.05, 4.69) is 45.9 Å². The van der Waals surface area contributed by atoms with Gasteiger partial charge in [-0.15, -0.1) is 0 Å². The molecule has 0 rings (SSSR count). The summed E-state index contributed by atoms with van der Waals surface area (Å²) in [6.07, 6.45) is 14.1. The lowest BCUT2D eigenvalue weighted by Crippen LogP contribution is -2.19. The molecule has 0 bridgehead atoms. The third-order valence-electron chi connectivity index (χ3n) is 3.52. The number of aliphatic carboxylic acids is 1. The van der Waals surface area contributed by atoms with Crippen molar-refractivity contribution in [1.82, 2.24) is 0 Å². The fourth-order valence-electron chi connectivity index (χ4n) is 2.16. The zero-order valence-corrected chi connectivity index (χ0v) is 14.9. The van der Waals surface area contributed by atoms with Gasteiger partial charge in [0, 0.05) is 0 Å². The van der Waals surface area contributed by atoms with E-state index < -0.39 is 5.97 Å². The van der Waals surface area contributed by atoms with Gasteiger partial charge in [0.2, 0.25) is 0 Å². The minimum Gasteiger partial charge on any atom is -0.545 e. The molecule has 2 heteroatoms. The van der Waals surface area contributed by atoms with Gasteiger partial charge in [-0.2, -0.15) is 0 Å². The Morgan fingerprint density at radius 3 is 1.55 bits per heavy atom. The molecule has 0 aliphatic carbocycles. The normalized spacial score (nSPS) is 13.2. The van der Waals surface area contributed by atoms with Gasteiger partial charge in [0.25, 0.3) is 0 Å². The second-order valence-electron chi connectivity index (χ2n) is 6.31. The van der Waals surface area contributed by atoms with Gasteiger partial charge in [-0.3, -0.25) is 0 Å². The van der Waals surface area contributed by atoms with Crippen LogP contribution in [0.5, 0.6) is 0 Å². The number of hydrogen-bond donors (Lipinski definition) is 0. The number of carbonyl (C=O) groups is 1. The van der Waals surface area contributed by atoms with Crippen molar-refractivity contribution in [3.05, 3.63) is 46.6 Å². The Kier molecular flexibility index (Phi) is 11.2. The van der Waals surface area contributed by atoms with E-state index >= 15 is 0 Å². The molecule has 124 valence electrons. The minimum atomic E-state index is -1.10. The summed E-state index contributed by atoms with van der Waals surface area (Å²) < 4.78 is 0. The summed E-state index contributed by atoms with van der Waals surface area (Å²) in [6, 6.07) is 0. The number of carboxylic acid groups (broad SMARTS) is 1. The van der Waals surface area contributed by atoms with Gasteiger partial charge in [-0.1, -0.05) is 40.5 Å². The molecule has 0 fully saturated rings. The first kappa shape index (κ1) is 20.4. The predicted molar refractivity (Wildman–Crippen MR) is 93.4 cm³/mol. The molecule has 0 heterocycles. The van der Waals surface area contributed by atoms with E-state index in [1.807, 2.05) is 6.92 Å². The molecule has 0 aliphatic heterocycles. The molecule has 0 saturated heterocycles. The van der Waals surface area contributed by atoms with Crippen molar-refractivity contribution in [2.24, 2.45) is 0 Å². The van der Waals surface area contributed by atoms with Gasteiger partial charge < -0.3 is 9.90 Å². The third-order valence-corrected chi connectivity index (χ3v) is 3.52. The highest BCUT2D eigenvalue weighted by Gasteiger charge is 1.93. The van der Waals surface area contributed by atoms with E-state index in [9.17, 15) is 9.90 Å². The van der Waals surface area contributed by atoms with Crippen molar-refractivity contribution in [3.63, 3.8) is 0 Å². The summed E-state index contributed by atoms with van der Waals surface area (Å²) in [4.78, 5) is 10.4. The average Bonchev–Trinajstić information content (AvgIpc) is 2.37. The molecule has 0 amide bonds. The van der Waals surface area contributed by atoms with Crippen molar-refractivity contribution in [2.75, 3.05) is 0 Å². The quantitative estimate of drug-likeness (QED) is 0.426. The summed E-state index contributed by atoms with van der Waals surface area (Å²) in [7, 11) is 0. The molecule has 0 unspecified atom stereocenters. The highest BCUT2D eigenvalue weighted by Crippen LogP contribution is 2.13. The molecule has 2 nitrogen and oxygen atoms in total. The highest BCUT2D eigenvalue weighted by molar-refractivity contribution is 5.78. The fourth-order valence-corrected chi connectivity index (χ4v) is 2.16. The molecule has 0 spiro atoms. The molecule has 22 heavy (non-hydrogen) atoms. The number of rotatable bonds is 10. The first-order valence-electron chi connectivity index (χ1n) is 8.14. The van der Waals surface area contributed by atoms with E-state index in [1.165, 1.54) is 22.8 Å². The lowest BCUT2D eigenvalue weighted by Gasteiger charge is -2.03. The Morgan fingerprint density at radius 2 is 1.14 bits per heavy atom. The van der Waals surface area contributed by atoms with E-state index in [4.69, 9.17) is 0 Å². The number of carboxylic acids is 1. The predicted octanol–water partition coefficient (Wildman–Crippen LogP) is 4.88. The van der Waals surface area contributed by atoms with Gasteiger partial charge >= 0.3 is 0 Å². The van der Waals surface area contributed by atoms with Crippen LogP contribution in [0.1, 0.15) is 73.1 Å². The molecule has 0 atom stereocenters. The van der Waals surface area contributed by atoms with E-state index in [1.54, 1.807) is 0 Å². The SMILES string of the molecule is CC(C)=CCC/C(C)=C/CC/C(C)=C/CC/C(C)=C/C(=O)[O-]. The summed E-state index contributed by atoms with van der Waals surface area (Å²) in [6.45, 7) is 10.4. The van der Waals surface area contributed by atoms with Crippen LogP contribution in [0.3, 0.4) is 0 Å². The van der Waals surface area contributed by atoms with Crippen molar-refractivity contribution in [1.29, 1.82) is 0 Å². The molecule has 0 aromatic rings. The topological polar surface area (TPSA) is 40.1 Å². The molecule has 0 aromatic carbocycles. The molecular weight excluding hydrogens is 272 g/mol. The van der Waals surface area contributed by atoms with Crippen molar-refractivity contribution in [3.8, 4) is 0 Å². The largest absolute Gasteiger partial charge is 0.545 e. The second-order valence-corrected chi connectivity index (χ2v) is 6.31. The summed E-state index contributed by atoms with van der Waals surface area (Å²) >= 11 is 0. The zero-order chi connectivity index (χ0) is 17.0. The van der Waals surface area contributed by atoms with Gasteiger partial charge in [-0.05, 0) is 79.2 Å². The van der Waals surface area contributed by atoms with Crippen molar-refractivity contribution < 1.29 is 9.90 Å². The van der Waals surface area contributed by atoms with Crippen LogP contribution in [0, 0.1) is 0 Å². The molecular formula is C20H31O2-. The molecule has 0 radical (unpaired) electrons. The van der Waals surface area contributed by atoms with Crippen LogP contribution in [-0.4, -0.2) is 5.97 Å².